The molecule has 1 aromatic carbocycles. The Bertz CT molecular complexity index is 338. The standard InChI is InChI=1S/C10H9ClO2/c1-7-2-4-8(5-3-7)6-9(11)10(12)13/h2-6H,1H3,(H,12,13). The predicted molar refractivity (Wildman–Crippen MR) is 52.6 cm³/mol. The maximum Gasteiger partial charge on any atom is 0.347 e. The van der Waals surface area contributed by atoms with Crippen LogP contribution in [0.1, 0.15) is 11.1 Å². The summed E-state index contributed by atoms with van der Waals surface area (Å²) in [5.74, 6) is -1.11. The van der Waals surface area contributed by atoms with E-state index in [9.17, 15) is 4.79 Å². The Morgan fingerprint density at radius 2 is 1.92 bits per heavy atom. The number of carboxylic acids is 1. The van der Waals surface area contributed by atoms with Crippen molar-refractivity contribution < 1.29 is 9.90 Å². The molecule has 0 bridgehead atoms. The fraction of sp³-hybridized carbons (Fsp3) is 0.100. The number of benzene rings is 1. The van der Waals surface area contributed by atoms with E-state index in [0.717, 1.165) is 11.1 Å². The van der Waals surface area contributed by atoms with Crippen molar-refractivity contribution in [1.82, 2.24) is 0 Å². The Hall–Kier alpha value is -1.28. The predicted octanol–water partition coefficient (Wildman–Crippen LogP) is 2.66. The number of halogens is 1. The Morgan fingerprint density at radius 1 is 1.38 bits per heavy atom. The van der Waals surface area contributed by atoms with E-state index in [4.69, 9.17) is 16.7 Å². The molecule has 3 heteroatoms. The van der Waals surface area contributed by atoms with Gasteiger partial charge in [0.05, 0.1) is 0 Å². The van der Waals surface area contributed by atoms with Crippen LogP contribution in [-0.4, -0.2) is 11.1 Å². The minimum absolute atomic E-state index is 0.177. The molecule has 0 aliphatic rings. The second-order valence-corrected chi connectivity index (χ2v) is 3.12. The average molecular weight is 197 g/mol. The molecule has 0 atom stereocenters. The first-order chi connectivity index (χ1) is 6.09. The maximum atomic E-state index is 10.4. The van der Waals surface area contributed by atoms with Crippen LogP contribution < -0.4 is 0 Å². The van der Waals surface area contributed by atoms with Gasteiger partial charge in [0.1, 0.15) is 5.03 Å². The van der Waals surface area contributed by atoms with Crippen molar-refractivity contribution in [3.8, 4) is 0 Å². The lowest BCUT2D eigenvalue weighted by molar-refractivity contribution is -0.131. The van der Waals surface area contributed by atoms with Crippen LogP contribution >= 0.6 is 11.6 Å². The van der Waals surface area contributed by atoms with Gasteiger partial charge in [0.15, 0.2) is 0 Å². The van der Waals surface area contributed by atoms with Gasteiger partial charge in [-0.1, -0.05) is 41.4 Å². The largest absolute Gasteiger partial charge is 0.477 e. The molecule has 0 amide bonds. The topological polar surface area (TPSA) is 37.3 Å². The summed E-state index contributed by atoms with van der Waals surface area (Å²) >= 11 is 5.45. The van der Waals surface area contributed by atoms with Gasteiger partial charge >= 0.3 is 5.97 Å². The van der Waals surface area contributed by atoms with Crippen molar-refractivity contribution in [2.45, 2.75) is 6.92 Å². The maximum absolute atomic E-state index is 10.4. The Kier molecular flexibility index (Phi) is 3.09. The number of carbonyl (C=O) groups is 1. The van der Waals surface area contributed by atoms with Gasteiger partial charge in [-0.05, 0) is 18.6 Å². The molecule has 1 N–H and O–H groups in total. The van der Waals surface area contributed by atoms with Crippen LogP contribution in [0.25, 0.3) is 6.08 Å². The number of carboxylic acid groups (broad SMARTS) is 1. The molecule has 1 aromatic rings. The highest BCUT2D eigenvalue weighted by molar-refractivity contribution is 6.42. The monoisotopic (exact) mass is 196 g/mol. The summed E-state index contributed by atoms with van der Waals surface area (Å²) in [5, 5.41) is 8.32. The third-order valence-corrected chi connectivity index (χ3v) is 1.85. The van der Waals surface area contributed by atoms with E-state index in [2.05, 4.69) is 0 Å². The summed E-state index contributed by atoms with van der Waals surface area (Å²) in [6.45, 7) is 1.96. The summed E-state index contributed by atoms with van der Waals surface area (Å²) in [4.78, 5) is 10.4. The smallest absolute Gasteiger partial charge is 0.347 e. The quantitative estimate of drug-likeness (QED) is 0.739. The fourth-order valence-corrected chi connectivity index (χ4v) is 0.997. The van der Waals surface area contributed by atoms with Crippen molar-refractivity contribution >= 4 is 23.6 Å². The minimum Gasteiger partial charge on any atom is -0.477 e. The van der Waals surface area contributed by atoms with Crippen molar-refractivity contribution in [3.05, 3.63) is 40.4 Å². The van der Waals surface area contributed by atoms with Gasteiger partial charge in [0, 0.05) is 0 Å². The molecule has 0 radical (unpaired) electrons. The van der Waals surface area contributed by atoms with E-state index in [1.165, 1.54) is 6.08 Å². The van der Waals surface area contributed by atoms with Gasteiger partial charge in [0.2, 0.25) is 0 Å². The lowest BCUT2D eigenvalue weighted by atomic mass is 10.1. The molecular weight excluding hydrogens is 188 g/mol. The molecular formula is C10H9ClO2. The van der Waals surface area contributed by atoms with Crippen LogP contribution in [0.2, 0.25) is 0 Å². The third kappa shape index (κ3) is 2.92. The molecule has 0 unspecified atom stereocenters. The lowest BCUT2D eigenvalue weighted by Crippen LogP contribution is -1.92. The van der Waals surface area contributed by atoms with Gasteiger partial charge in [0.25, 0.3) is 0 Å². The first-order valence-electron chi connectivity index (χ1n) is 3.77. The van der Waals surface area contributed by atoms with Gasteiger partial charge in [-0.25, -0.2) is 4.79 Å². The molecule has 0 heterocycles. The summed E-state index contributed by atoms with van der Waals surface area (Å²) in [6, 6.07) is 7.44. The van der Waals surface area contributed by atoms with Crippen LogP contribution in [0.5, 0.6) is 0 Å². The zero-order valence-electron chi connectivity index (χ0n) is 7.12. The molecule has 0 aliphatic heterocycles. The number of aliphatic carboxylic acids is 1. The second-order valence-electron chi connectivity index (χ2n) is 2.71. The molecule has 0 spiro atoms. The van der Waals surface area contributed by atoms with Crippen molar-refractivity contribution in [2.75, 3.05) is 0 Å². The van der Waals surface area contributed by atoms with E-state index >= 15 is 0 Å². The molecule has 68 valence electrons. The first kappa shape index (κ1) is 9.81. The van der Waals surface area contributed by atoms with Crippen molar-refractivity contribution in [2.24, 2.45) is 0 Å². The normalized spacial score (nSPS) is 11.4. The van der Waals surface area contributed by atoms with Crippen LogP contribution in [0.3, 0.4) is 0 Å². The van der Waals surface area contributed by atoms with Crippen LogP contribution in [-0.2, 0) is 4.79 Å². The van der Waals surface area contributed by atoms with E-state index in [-0.39, 0.29) is 5.03 Å². The number of rotatable bonds is 2. The fourth-order valence-electron chi connectivity index (χ4n) is 0.871. The number of hydrogen-bond donors (Lipinski definition) is 1. The van der Waals surface area contributed by atoms with E-state index < -0.39 is 5.97 Å². The Morgan fingerprint density at radius 3 is 2.38 bits per heavy atom. The summed E-state index contributed by atoms with van der Waals surface area (Å²) < 4.78 is 0. The Labute approximate surface area is 81.5 Å². The highest BCUT2D eigenvalue weighted by Gasteiger charge is 2.01. The number of hydrogen-bond acceptors (Lipinski definition) is 1. The lowest BCUT2D eigenvalue weighted by Gasteiger charge is -1.95. The van der Waals surface area contributed by atoms with Gasteiger partial charge < -0.3 is 5.11 Å². The van der Waals surface area contributed by atoms with E-state index in [1.807, 2.05) is 31.2 Å². The summed E-state index contributed by atoms with van der Waals surface area (Å²) in [5.41, 5.74) is 1.92. The van der Waals surface area contributed by atoms with Crippen LogP contribution in [0, 0.1) is 6.92 Å². The molecule has 0 saturated heterocycles. The van der Waals surface area contributed by atoms with Gasteiger partial charge in [-0.3, -0.25) is 0 Å². The molecule has 0 aromatic heterocycles. The zero-order valence-corrected chi connectivity index (χ0v) is 7.88. The van der Waals surface area contributed by atoms with Crippen molar-refractivity contribution in [1.29, 1.82) is 0 Å². The average Bonchev–Trinajstić information content (AvgIpc) is 2.08. The molecule has 13 heavy (non-hydrogen) atoms. The SMILES string of the molecule is Cc1ccc(C=C(Cl)C(=O)O)cc1. The molecule has 0 aliphatic carbocycles. The van der Waals surface area contributed by atoms with Crippen molar-refractivity contribution in [3.63, 3.8) is 0 Å². The Balaban J connectivity index is 2.92. The highest BCUT2D eigenvalue weighted by atomic mass is 35.5. The second kappa shape index (κ2) is 4.10. The van der Waals surface area contributed by atoms with E-state index in [0.29, 0.717) is 0 Å². The van der Waals surface area contributed by atoms with Gasteiger partial charge in [-0.2, -0.15) is 0 Å². The zero-order chi connectivity index (χ0) is 9.84. The van der Waals surface area contributed by atoms with E-state index in [1.54, 1.807) is 0 Å². The third-order valence-electron chi connectivity index (χ3n) is 1.58. The summed E-state index contributed by atoms with van der Waals surface area (Å²) in [7, 11) is 0. The number of aryl methyl sites for hydroxylation is 1. The van der Waals surface area contributed by atoms with Crippen LogP contribution in [0.4, 0.5) is 0 Å². The van der Waals surface area contributed by atoms with Gasteiger partial charge in [-0.15, -0.1) is 0 Å². The molecule has 0 saturated carbocycles. The highest BCUT2D eigenvalue weighted by Crippen LogP contribution is 2.11. The molecule has 2 nitrogen and oxygen atoms in total. The first-order valence-corrected chi connectivity index (χ1v) is 4.14. The molecule has 0 fully saturated rings. The molecule has 1 rings (SSSR count). The summed E-state index contributed by atoms with van der Waals surface area (Å²) in [6.07, 6.45) is 1.42. The minimum atomic E-state index is -1.11. The van der Waals surface area contributed by atoms with Crippen LogP contribution in [0.15, 0.2) is 29.3 Å².